The van der Waals surface area contributed by atoms with E-state index < -0.39 is 0 Å². The summed E-state index contributed by atoms with van der Waals surface area (Å²) >= 11 is 19.0. The summed E-state index contributed by atoms with van der Waals surface area (Å²) in [6.07, 6.45) is 0. The van der Waals surface area contributed by atoms with Crippen molar-refractivity contribution in [2.24, 2.45) is 0 Å². The third-order valence-electron chi connectivity index (χ3n) is 2.41. The Balaban J connectivity index is 2.13. The third kappa shape index (κ3) is 3.64. The molecular formula is C13H9Br2Cl2N. The van der Waals surface area contributed by atoms with Gasteiger partial charge in [0.05, 0.1) is 0 Å². The monoisotopic (exact) mass is 407 g/mol. The van der Waals surface area contributed by atoms with Gasteiger partial charge in [-0.05, 0) is 57.9 Å². The van der Waals surface area contributed by atoms with Crippen LogP contribution in [0.15, 0.2) is 45.3 Å². The maximum Gasteiger partial charge on any atom is 0.0488 e. The molecule has 0 radical (unpaired) electrons. The van der Waals surface area contributed by atoms with Gasteiger partial charge in [-0.25, -0.2) is 0 Å². The van der Waals surface area contributed by atoms with Crippen molar-refractivity contribution >= 4 is 60.7 Å². The van der Waals surface area contributed by atoms with E-state index in [9.17, 15) is 0 Å². The van der Waals surface area contributed by atoms with Gasteiger partial charge >= 0.3 is 0 Å². The molecule has 0 aliphatic heterocycles. The Kier molecular flexibility index (Phi) is 4.96. The molecular weight excluding hydrogens is 401 g/mol. The lowest BCUT2D eigenvalue weighted by Gasteiger charge is -2.10. The second-order valence-electron chi connectivity index (χ2n) is 3.71. The van der Waals surface area contributed by atoms with E-state index in [0.717, 1.165) is 20.2 Å². The minimum absolute atomic E-state index is 0.625. The number of benzene rings is 2. The lowest BCUT2D eigenvalue weighted by Crippen LogP contribution is -2.00. The van der Waals surface area contributed by atoms with Gasteiger partial charge in [0.15, 0.2) is 0 Å². The molecule has 0 aliphatic carbocycles. The number of hydrogen-bond acceptors (Lipinski definition) is 1. The molecule has 0 aromatic heterocycles. The van der Waals surface area contributed by atoms with E-state index >= 15 is 0 Å². The number of rotatable bonds is 3. The molecule has 1 N–H and O–H groups in total. The summed E-state index contributed by atoms with van der Waals surface area (Å²) < 4.78 is 2.02. The molecule has 0 saturated carbocycles. The zero-order chi connectivity index (χ0) is 13.1. The van der Waals surface area contributed by atoms with Crippen molar-refractivity contribution < 1.29 is 0 Å². The predicted molar refractivity (Wildman–Crippen MR) is 85.6 cm³/mol. The van der Waals surface area contributed by atoms with E-state index in [0.29, 0.717) is 16.6 Å². The van der Waals surface area contributed by atoms with Crippen LogP contribution >= 0.6 is 55.1 Å². The van der Waals surface area contributed by atoms with Gasteiger partial charge in [-0.2, -0.15) is 0 Å². The average Bonchev–Trinajstić information content (AvgIpc) is 2.32. The molecule has 0 aliphatic rings. The van der Waals surface area contributed by atoms with Gasteiger partial charge < -0.3 is 5.32 Å². The first-order chi connectivity index (χ1) is 8.56. The first-order valence-electron chi connectivity index (χ1n) is 5.19. The minimum atomic E-state index is 0.625. The van der Waals surface area contributed by atoms with Gasteiger partial charge in [-0.15, -0.1) is 0 Å². The highest BCUT2D eigenvalue weighted by Gasteiger charge is 2.04. The SMILES string of the molecule is Clc1ccc(Cl)c(CNc2ccc(Br)cc2Br)c1. The van der Waals surface area contributed by atoms with E-state index in [1.807, 2.05) is 24.3 Å². The van der Waals surface area contributed by atoms with Gasteiger partial charge in [-0.1, -0.05) is 39.1 Å². The Labute approximate surface area is 133 Å². The number of halogens is 4. The summed E-state index contributed by atoms with van der Waals surface area (Å²) in [5, 5.41) is 4.71. The van der Waals surface area contributed by atoms with Gasteiger partial charge in [-0.3, -0.25) is 0 Å². The Hall–Kier alpha value is -0.220. The molecule has 18 heavy (non-hydrogen) atoms. The van der Waals surface area contributed by atoms with E-state index in [2.05, 4.69) is 37.2 Å². The molecule has 0 atom stereocenters. The summed E-state index contributed by atoms with van der Waals surface area (Å²) in [5.41, 5.74) is 1.98. The van der Waals surface area contributed by atoms with Crippen molar-refractivity contribution in [3.8, 4) is 0 Å². The van der Waals surface area contributed by atoms with Gasteiger partial charge in [0.1, 0.15) is 0 Å². The van der Waals surface area contributed by atoms with Gasteiger partial charge in [0, 0.05) is 31.2 Å². The summed E-state index contributed by atoms with van der Waals surface area (Å²) in [6.45, 7) is 0.625. The molecule has 0 saturated heterocycles. The zero-order valence-corrected chi connectivity index (χ0v) is 13.9. The largest absolute Gasteiger partial charge is 0.380 e. The van der Waals surface area contributed by atoms with E-state index in [1.54, 1.807) is 12.1 Å². The highest BCUT2D eigenvalue weighted by Crippen LogP contribution is 2.28. The average molecular weight is 410 g/mol. The summed E-state index contributed by atoms with van der Waals surface area (Å²) in [7, 11) is 0. The van der Waals surface area contributed by atoms with Crippen LogP contribution in [-0.2, 0) is 6.54 Å². The topological polar surface area (TPSA) is 12.0 Å². The first kappa shape index (κ1) is 14.2. The Bertz CT molecular complexity index is 573. The maximum atomic E-state index is 6.11. The molecule has 2 aromatic rings. The fourth-order valence-electron chi connectivity index (χ4n) is 1.50. The highest BCUT2D eigenvalue weighted by atomic mass is 79.9. The summed E-state index contributed by atoms with van der Waals surface area (Å²) in [6, 6.07) is 11.4. The lowest BCUT2D eigenvalue weighted by molar-refractivity contribution is 1.15. The molecule has 0 bridgehead atoms. The van der Waals surface area contributed by atoms with Crippen LogP contribution in [0.3, 0.4) is 0 Å². The van der Waals surface area contributed by atoms with Crippen LogP contribution in [0.2, 0.25) is 10.0 Å². The summed E-state index contributed by atoms with van der Waals surface area (Å²) in [5.74, 6) is 0. The van der Waals surface area contributed by atoms with Crippen LogP contribution in [0.5, 0.6) is 0 Å². The fraction of sp³-hybridized carbons (Fsp3) is 0.0769. The van der Waals surface area contributed by atoms with Gasteiger partial charge in [0.2, 0.25) is 0 Å². The maximum absolute atomic E-state index is 6.11. The third-order valence-corrected chi connectivity index (χ3v) is 4.16. The molecule has 0 unspecified atom stereocenters. The number of anilines is 1. The van der Waals surface area contributed by atoms with Crippen LogP contribution in [0.25, 0.3) is 0 Å². The van der Waals surface area contributed by atoms with Crippen molar-refractivity contribution in [3.05, 3.63) is 61.0 Å². The highest BCUT2D eigenvalue weighted by molar-refractivity contribution is 9.11. The van der Waals surface area contributed by atoms with E-state index in [4.69, 9.17) is 23.2 Å². The predicted octanol–water partition coefficient (Wildman–Crippen LogP) is 6.13. The molecule has 0 heterocycles. The van der Waals surface area contributed by atoms with Crippen molar-refractivity contribution in [2.45, 2.75) is 6.54 Å². The van der Waals surface area contributed by atoms with Crippen LogP contribution in [0.1, 0.15) is 5.56 Å². The minimum Gasteiger partial charge on any atom is -0.380 e. The van der Waals surface area contributed by atoms with Crippen LogP contribution < -0.4 is 5.32 Å². The first-order valence-corrected chi connectivity index (χ1v) is 7.53. The molecule has 94 valence electrons. The molecule has 0 fully saturated rings. The van der Waals surface area contributed by atoms with Gasteiger partial charge in [0.25, 0.3) is 0 Å². The Morgan fingerprint density at radius 1 is 1.00 bits per heavy atom. The molecule has 5 heteroatoms. The smallest absolute Gasteiger partial charge is 0.0488 e. The molecule has 0 spiro atoms. The Morgan fingerprint density at radius 3 is 2.50 bits per heavy atom. The second-order valence-corrected chi connectivity index (χ2v) is 6.33. The van der Waals surface area contributed by atoms with E-state index in [-0.39, 0.29) is 0 Å². The van der Waals surface area contributed by atoms with Crippen LogP contribution in [-0.4, -0.2) is 0 Å². The lowest BCUT2D eigenvalue weighted by atomic mass is 10.2. The molecule has 1 nitrogen and oxygen atoms in total. The van der Waals surface area contributed by atoms with Crippen molar-refractivity contribution in [1.82, 2.24) is 0 Å². The van der Waals surface area contributed by atoms with E-state index in [1.165, 1.54) is 0 Å². The van der Waals surface area contributed by atoms with Crippen LogP contribution in [0, 0.1) is 0 Å². The molecule has 2 aromatic carbocycles. The molecule has 2 rings (SSSR count). The zero-order valence-electron chi connectivity index (χ0n) is 9.18. The fourth-order valence-corrected chi connectivity index (χ4v) is 3.07. The second kappa shape index (κ2) is 6.29. The summed E-state index contributed by atoms with van der Waals surface area (Å²) in [4.78, 5) is 0. The van der Waals surface area contributed by atoms with Crippen LogP contribution in [0.4, 0.5) is 5.69 Å². The normalized spacial score (nSPS) is 10.4. The standard InChI is InChI=1S/C13H9Br2Cl2N/c14-9-1-4-13(11(15)6-9)18-7-8-5-10(16)2-3-12(8)17/h1-6,18H,7H2. The van der Waals surface area contributed by atoms with Crippen molar-refractivity contribution in [3.63, 3.8) is 0 Å². The molecule has 0 amide bonds. The van der Waals surface area contributed by atoms with Crippen molar-refractivity contribution in [2.75, 3.05) is 5.32 Å². The quantitative estimate of drug-likeness (QED) is 0.642. The Morgan fingerprint density at radius 2 is 1.78 bits per heavy atom. The van der Waals surface area contributed by atoms with Crippen molar-refractivity contribution in [1.29, 1.82) is 0 Å². The number of nitrogens with one attached hydrogen (secondary N) is 1. The number of hydrogen-bond donors (Lipinski definition) is 1.